The van der Waals surface area contributed by atoms with E-state index >= 15 is 0 Å². The summed E-state index contributed by atoms with van der Waals surface area (Å²) in [7, 11) is 0. The molecule has 100 valence electrons. The molecule has 0 saturated carbocycles. The van der Waals surface area contributed by atoms with Gasteiger partial charge in [0.15, 0.2) is 0 Å². The van der Waals surface area contributed by atoms with Crippen LogP contribution in [-0.4, -0.2) is 9.55 Å². The molecule has 0 unspecified atom stereocenters. The van der Waals surface area contributed by atoms with Crippen LogP contribution in [0.5, 0.6) is 0 Å². The Kier molecular flexibility index (Phi) is 3.33. The van der Waals surface area contributed by atoms with Gasteiger partial charge in [0, 0.05) is 18.9 Å². The third-order valence-electron chi connectivity index (χ3n) is 3.42. The summed E-state index contributed by atoms with van der Waals surface area (Å²) in [6.07, 6.45) is 4.52. The molecule has 2 heterocycles. The molecule has 0 aliphatic heterocycles. The summed E-state index contributed by atoms with van der Waals surface area (Å²) in [5.41, 5.74) is 2.79. The van der Waals surface area contributed by atoms with Crippen LogP contribution in [0, 0.1) is 0 Å². The van der Waals surface area contributed by atoms with Crippen LogP contribution in [0.3, 0.4) is 0 Å². The minimum atomic E-state index is 0.0382. The van der Waals surface area contributed by atoms with Crippen molar-refractivity contribution in [1.29, 1.82) is 0 Å². The fourth-order valence-corrected chi connectivity index (χ4v) is 2.48. The molecule has 0 N–H and O–H groups in total. The van der Waals surface area contributed by atoms with Crippen LogP contribution in [0.1, 0.15) is 13.3 Å². The first-order valence-corrected chi connectivity index (χ1v) is 6.85. The van der Waals surface area contributed by atoms with E-state index in [1.54, 1.807) is 10.8 Å². The molecular weight excluding hydrogens is 248 g/mol. The second kappa shape index (κ2) is 5.29. The van der Waals surface area contributed by atoms with Gasteiger partial charge in [-0.05, 0) is 29.7 Å². The van der Waals surface area contributed by atoms with Crippen molar-refractivity contribution >= 4 is 10.9 Å². The maximum absolute atomic E-state index is 12.6. The predicted octanol–water partition coefficient (Wildman–Crippen LogP) is 3.47. The highest BCUT2D eigenvalue weighted by atomic mass is 16.1. The first-order valence-electron chi connectivity index (χ1n) is 6.85. The summed E-state index contributed by atoms with van der Waals surface area (Å²) in [4.78, 5) is 17.0. The van der Waals surface area contributed by atoms with Crippen molar-refractivity contribution in [2.75, 3.05) is 0 Å². The average molecular weight is 264 g/mol. The number of hydrogen-bond donors (Lipinski definition) is 0. The third-order valence-corrected chi connectivity index (χ3v) is 3.42. The molecule has 3 heteroatoms. The quantitative estimate of drug-likeness (QED) is 0.726. The highest BCUT2D eigenvalue weighted by molar-refractivity contribution is 5.93. The van der Waals surface area contributed by atoms with Crippen LogP contribution in [0.15, 0.2) is 59.7 Å². The fraction of sp³-hybridized carbons (Fsp3) is 0.176. The zero-order valence-electron chi connectivity index (χ0n) is 11.4. The minimum Gasteiger partial charge on any atom is -0.315 e. The number of fused-ring (bicyclic) bond motifs is 1. The first-order chi connectivity index (χ1) is 9.81. The van der Waals surface area contributed by atoms with Crippen molar-refractivity contribution < 1.29 is 0 Å². The Hall–Kier alpha value is -2.42. The van der Waals surface area contributed by atoms with Gasteiger partial charge in [0.05, 0.1) is 10.9 Å². The summed E-state index contributed by atoms with van der Waals surface area (Å²) in [5, 5.41) is 0.703. The smallest absolute Gasteiger partial charge is 0.260 e. The Morgan fingerprint density at radius 1 is 1.10 bits per heavy atom. The zero-order chi connectivity index (χ0) is 13.9. The number of pyridine rings is 2. The van der Waals surface area contributed by atoms with E-state index in [4.69, 9.17) is 0 Å². The van der Waals surface area contributed by atoms with Crippen molar-refractivity contribution in [2.24, 2.45) is 0 Å². The standard InChI is InChI=1S/C17H16N2O/c1-2-11-19-12-9-15-16(17(19)20)14(8-10-18-15)13-6-4-3-5-7-13/h3-10,12H,2,11H2,1H3. The molecule has 0 radical (unpaired) electrons. The van der Waals surface area contributed by atoms with Crippen LogP contribution >= 0.6 is 0 Å². The van der Waals surface area contributed by atoms with Gasteiger partial charge in [0.2, 0.25) is 0 Å². The monoisotopic (exact) mass is 264 g/mol. The van der Waals surface area contributed by atoms with E-state index in [9.17, 15) is 4.79 Å². The molecule has 3 aromatic rings. The Labute approximate surface area is 117 Å². The summed E-state index contributed by atoms with van der Waals surface area (Å²) < 4.78 is 1.76. The van der Waals surface area contributed by atoms with E-state index in [2.05, 4.69) is 11.9 Å². The Bertz CT molecular complexity index is 791. The lowest BCUT2D eigenvalue weighted by atomic mass is 10.0. The van der Waals surface area contributed by atoms with Crippen LogP contribution in [0.4, 0.5) is 0 Å². The predicted molar refractivity (Wildman–Crippen MR) is 81.7 cm³/mol. The minimum absolute atomic E-state index is 0.0382. The highest BCUT2D eigenvalue weighted by Crippen LogP contribution is 2.24. The molecule has 2 aromatic heterocycles. The maximum atomic E-state index is 12.6. The van der Waals surface area contributed by atoms with E-state index in [0.717, 1.165) is 29.6 Å². The number of aromatic nitrogens is 2. The molecule has 3 rings (SSSR count). The maximum Gasteiger partial charge on any atom is 0.260 e. The van der Waals surface area contributed by atoms with E-state index in [-0.39, 0.29) is 5.56 Å². The van der Waals surface area contributed by atoms with E-state index in [0.29, 0.717) is 5.39 Å². The molecule has 0 spiro atoms. The zero-order valence-corrected chi connectivity index (χ0v) is 11.4. The van der Waals surface area contributed by atoms with Gasteiger partial charge >= 0.3 is 0 Å². The highest BCUT2D eigenvalue weighted by Gasteiger charge is 2.09. The largest absolute Gasteiger partial charge is 0.315 e. The average Bonchev–Trinajstić information content (AvgIpc) is 2.51. The normalized spacial score (nSPS) is 10.8. The summed E-state index contributed by atoms with van der Waals surface area (Å²) in [5.74, 6) is 0. The molecule has 0 bridgehead atoms. The molecular formula is C17H16N2O. The third kappa shape index (κ3) is 2.11. The number of aryl methyl sites for hydroxylation is 1. The molecule has 20 heavy (non-hydrogen) atoms. The molecule has 1 aromatic carbocycles. The summed E-state index contributed by atoms with van der Waals surface area (Å²) in [6.45, 7) is 2.80. The lowest BCUT2D eigenvalue weighted by Crippen LogP contribution is -2.20. The number of rotatable bonds is 3. The van der Waals surface area contributed by atoms with Crippen molar-refractivity contribution in [3.8, 4) is 11.1 Å². The van der Waals surface area contributed by atoms with Gasteiger partial charge in [-0.3, -0.25) is 9.78 Å². The summed E-state index contributed by atoms with van der Waals surface area (Å²) >= 11 is 0. The van der Waals surface area contributed by atoms with E-state index < -0.39 is 0 Å². The van der Waals surface area contributed by atoms with Gasteiger partial charge in [0.25, 0.3) is 5.56 Å². The molecule has 0 aliphatic rings. The molecule has 0 saturated heterocycles. The molecule has 0 fully saturated rings. The van der Waals surface area contributed by atoms with Gasteiger partial charge in [-0.25, -0.2) is 0 Å². The van der Waals surface area contributed by atoms with Gasteiger partial charge in [0.1, 0.15) is 0 Å². The topological polar surface area (TPSA) is 34.9 Å². The van der Waals surface area contributed by atoms with Crippen LogP contribution < -0.4 is 5.56 Å². The SMILES string of the molecule is CCCn1ccc2nccc(-c3ccccc3)c2c1=O. The molecule has 0 amide bonds. The van der Waals surface area contributed by atoms with Crippen LogP contribution in [-0.2, 0) is 6.54 Å². The van der Waals surface area contributed by atoms with Crippen molar-refractivity contribution in [3.63, 3.8) is 0 Å². The van der Waals surface area contributed by atoms with Gasteiger partial charge in [-0.2, -0.15) is 0 Å². The Morgan fingerprint density at radius 2 is 1.90 bits per heavy atom. The van der Waals surface area contributed by atoms with Crippen LogP contribution in [0.2, 0.25) is 0 Å². The van der Waals surface area contributed by atoms with Gasteiger partial charge in [-0.15, -0.1) is 0 Å². The van der Waals surface area contributed by atoms with Crippen molar-refractivity contribution in [1.82, 2.24) is 9.55 Å². The van der Waals surface area contributed by atoms with E-state index in [1.807, 2.05) is 48.7 Å². The van der Waals surface area contributed by atoms with E-state index in [1.165, 1.54) is 0 Å². The fourth-order valence-electron chi connectivity index (χ4n) is 2.48. The lowest BCUT2D eigenvalue weighted by Gasteiger charge is -2.09. The Morgan fingerprint density at radius 3 is 2.65 bits per heavy atom. The molecule has 0 atom stereocenters. The second-order valence-corrected chi connectivity index (χ2v) is 4.80. The second-order valence-electron chi connectivity index (χ2n) is 4.80. The first kappa shape index (κ1) is 12.6. The number of nitrogens with zero attached hydrogens (tertiary/aromatic N) is 2. The number of hydrogen-bond acceptors (Lipinski definition) is 2. The van der Waals surface area contributed by atoms with Crippen LogP contribution in [0.25, 0.3) is 22.0 Å². The molecule has 0 aliphatic carbocycles. The lowest BCUT2D eigenvalue weighted by molar-refractivity contribution is 0.659. The Balaban J connectivity index is 2.33. The van der Waals surface area contributed by atoms with Gasteiger partial charge in [-0.1, -0.05) is 37.3 Å². The summed E-state index contributed by atoms with van der Waals surface area (Å²) in [6, 6.07) is 13.8. The van der Waals surface area contributed by atoms with Gasteiger partial charge < -0.3 is 4.57 Å². The number of benzene rings is 1. The molecule has 3 nitrogen and oxygen atoms in total. The van der Waals surface area contributed by atoms with Crippen molar-refractivity contribution in [3.05, 3.63) is 65.2 Å². The van der Waals surface area contributed by atoms with Crippen molar-refractivity contribution in [2.45, 2.75) is 19.9 Å².